The van der Waals surface area contributed by atoms with E-state index >= 15 is 0 Å². The molecule has 0 unspecified atom stereocenters. The van der Waals surface area contributed by atoms with E-state index in [1.807, 2.05) is 0 Å². The fourth-order valence-corrected chi connectivity index (χ4v) is 9.56. The van der Waals surface area contributed by atoms with Gasteiger partial charge in [-0.2, -0.15) is 0 Å². The fraction of sp³-hybridized carbons (Fsp3) is 0. The highest BCUT2D eigenvalue weighted by molar-refractivity contribution is 6.10. The molecule has 2 aromatic heterocycles. The van der Waals surface area contributed by atoms with E-state index in [4.69, 9.17) is 0 Å². The Labute approximate surface area is 366 Å². The largest absolute Gasteiger partial charge is 0.310 e. The zero-order chi connectivity index (χ0) is 41.7. The molecule has 3 heteroatoms. The second-order valence-electron chi connectivity index (χ2n) is 16.2. The molecule has 63 heavy (non-hydrogen) atoms. The van der Waals surface area contributed by atoms with E-state index in [0.717, 1.165) is 50.7 Å². The van der Waals surface area contributed by atoms with Crippen molar-refractivity contribution in [2.24, 2.45) is 0 Å². The molecule has 0 aliphatic rings. The van der Waals surface area contributed by atoms with Crippen LogP contribution >= 0.6 is 0 Å². The van der Waals surface area contributed by atoms with E-state index in [-0.39, 0.29) is 0 Å². The molecule has 2 heterocycles. The third kappa shape index (κ3) is 6.38. The fourth-order valence-electron chi connectivity index (χ4n) is 9.56. The maximum absolute atomic E-state index is 2.39. The maximum atomic E-state index is 2.39. The van der Waals surface area contributed by atoms with Gasteiger partial charge in [0.2, 0.25) is 0 Å². The Morgan fingerprint density at radius 2 is 0.571 bits per heavy atom. The molecule has 0 aliphatic carbocycles. The molecule has 3 nitrogen and oxygen atoms in total. The second-order valence-corrected chi connectivity index (χ2v) is 16.2. The molecule has 0 atom stereocenters. The lowest BCUT2D eigenvalue weighted by molar-refractivity contribution is 1.18. The number of aromatic nitrogens is 2. The quantitative estimate of drug-likeness (QED) is 0.149. The Bertz CT molecular complexity index is 3320. The summed E-state index contributed by atoms with van der Waals surface area (Å²) in [6.45, 7) is 0. The summed E-state index contributed by atoms with van der Waals surface area (Å²) < 4.78 is 4.76. The van der Waals surface area contributed by atoms with Gasteiger partial charge < -0.3 is 14.0 Å². The van der Waals surface area contributed by atoms with Crippen LogP contribution in [0.1, 0.15) is 0 Å². The van der Waals surface area contributed by atoms with Crippen molar-refractivity contribution in [1.82, 2.24) is 9.13 Å². The van der Waals surface area contributed by atoms with Gasteiger partial charge in [-0.3, -0.25) is 0 Å². The zero-order valence-corrected chi connectivity index (χ0v) is 34.5. The first-order valence-electron chi connectivity index (χ1n) is 21.6. The summed E-state index contributed by atoms with van der Waals surface area (Å²) in [6, 6.07) is 90.2. The van der Waals surface area contributed by atoms with Gasteiger partial charge in [-0.15, -0.1) is 0 Å². The summed E-state index contributed by atoms with van der Waals surface area (Å²) in [4.78, 5) is 2.39. The first kappa shape index (κ1) is 36.5. The van der Waals surface area contributed by atoms with E-state index in [1.165, 1.54) is 54.7 Å². The van der Waals surface area contributed by atoms with Gasteiger partial charge in [0, 0.05) is 50.0 Å². The first-order chi connectivity index (χ1) is 31.2. The van der Waals surface area contributed by atoms with Gasteiger partial charge in [-0.1, -0.05) is 158 Å². The van der Waals surface area contributed by atoms with E-state index in [2.05, 4.69) is 263 Å². The lowest BCUT2D eigenvalue weighted by Crippen LogP contribution is -2.10. The molecule has 0 bridgehead atoms. The molecule has 0 fully saturated rings. The number of hydrogen-bond acceptors (Lipinski definition) is 1. The van der Waals surface area contributed by atoms with Gasteiger partial charge in [-0.25, -0.2) is 0 Å². The highest BCUT2D eigenvalue weighted by atomic mass is 15.1. The SMILES string of the molecule is c1ccc(-c2cccc(N(c3ccccc3)c3cc(-c4ccc(-n5c6ccccc6c6ccccc65)cc4)cc(-c4ccc(-n5c6ccccc6c6ccccc65)cc4)c3)c2)cc1. The summed E-state index contributed by atoms with van der Waals surface area (Å²) in [5.41, 5.74) is 17.3. The van der Waals surface area contributed by atoms with Gasteiger partial charge >= 0.3 is 0 Å². The van der Waals surface area contributed by atoms with Crippen molar-refractivity contribution in [2.75, 3.05) is 4.90 Å². The second kappa shape index (κ2) is 15.3. The van der Waals surface area contributed by atoms with Crippen LogP contribution in [0.4, 0.5) is 17.1 Å². The molecule has 0 saturated carbocycles. The smallest absolute Gasteiger partial charge is 0.0541 e. The molecule has 12 rings (SSSR count). The topological polar surface area (TPSA) is 13.1 Å². The molecular weight excluding hydrogens is 763 g/mol. The van der Waals surface area contributed by atoms with Crippen LogP contribution in [0.15, 0.2) is 249 Å². The van der Waals surface area contributed by atoms with Crippen molar-refractivity contribution in [1.29, 1.82) is 0 Å². The zero-order valence-electron chi connectivity index (χ0n) is 34.5. The van der Waals surface area contributed by atoms with E-state index < -0.39 is 0 Å². The average molecular weight is 804 g/mol. The van der Waals surface area contributed by atoms with Crippen molar-refractivity contribution < 1.29 is 0 Å². The van der Waals surface area contributed by atoms with Gasteiger partial charge in [0.05, 0.1) is 22.1 Å². The number of rotatable bonds is 8. The predicted molar refractivity (Wildman–Crippen MR) is 266 cm³/mol. The van der Waals surface area contributed by atoms with Gasteiger partial charge in [0.1, 0.15) is 0 Å². The Balaban J connectivity index is 1.02. The minimum Gasteiger partial charge on any atom is -0.310 e. The molecule has 12 aromatic rings. The molecule has 0 N–H and O–H groups in total. The highest BCUT2D eigenvalue weighted by Gasteiger charge is 2.18. The van der Waals surface area contributed by atoms with Crippen LogP contribution in [0, 0.1) is 0 Å². The molecule has 0 aliphatic heterocycles. The number of benzene rings is 10. The Hall–Kier alpha value is -8.40. The number of nitrogens with zero attached hydrogens (tertiary/aromatic N) is 3. The van der Waals surface area contributed by atoms with Crippen molar-refractivity contribution >= 4 is 60.7 Å². The van der Waals surface area contributed by atoms with E-state index in [0.29, 0.717) is 0 Å². The minimum absolute atomic E-state index is 1.08. The van der Waals surface area contributed by atoms with Crippen molar-refractivity contribution in [3.63, 3.8) is 0 Å². The Morgan fingerprint density at radius 1 is 0.222 bits per heavy atom. The van der Waals surface area contributed by atoms with E-state index in [1.54, 1.807) is 0 Å². The maximum Gasteiger partial charge on any atom is 0.0541 e. The first-order valence-corrected chi connectivity index (χ1v) is 21.6. The predicted octanol–water partition coefficient (Wildman–Crippen LogP) is 16.4. The van der Waals surface area contributed by atoms with Crippen LogP contribution < -0.4 is 4.90 Å². The monoisotopic (exact) mass is 803 g/mol. The van der Waals surface area contributed by atoms with Crippen molar-refractivity contribution in [2.45, 2.75) is 0 Å². The van der Waals surface area contributed by atoms with Crippen LogP contribution in [0.3, 0.4) is 0 Å². The van der Waals surface area contributed by atoms with Gasteiger partial charge in [-0.05, 0) is 124 Å². The van der Waals surface area contributed by atoms with Crippen LogP contribution in [0.5, 0.6) is 0 Å². The molecule has 0 radical (unpaired) electrons. The normalized spacial score (nSPS) is 11.5. The average Bonchev–Trinajstić information content (AvgIpc) is 3.88. The van der Waals surface area contributed by atoms with Crippen LogP contribution in [-0.4, -0.2) is 9.13 Å². The minimum atomic E-state index is 1.08. The summed E-state index contributed by atoms with van der Waals surface area (Å²) in [5.74, 6) is 0. The van der Waals surface area contributed by atoms with Crippen LogP contribution in [0.25, 0.3) is 88.4 Å². The molecule has 0 amide bonds. The Kier molecular flexibility index (Phi) is 8.83. The van der Waals surface area contributed by atoms with Crippen LogP contribution in [-0.2, 0) is 0 Å². The van der Waals surface area contributed by atoms with Crippen molar-refractivity contribution in [3.05, 3.63) is 249 Å². The number of anilines is 3. The lowest BCUT2D eigenvalue weighted by atomic mass is 9.96. The molecule has 0 spiro atoms. The summed E-state index contributed by atoms with van der Waals surface area (Å²) in [6.07, 6.45) is 0. The molecule has 0 saturated heterocycles. The highest BCUT2D eigenvalue weighted by Crippen LogP contribution is 2.42. The van der Waals surface area contributed by atoms with Gasteiger partial charge in [0.25, 0.3) is 0 Å². The number of hydrogen-bond donors (Lipinski definition) is 0. The lowest BCUT2D eigenvalue weighted by Gasteiger charge is -2.27. The number of fused-ring (bicyclic) bond motifs is 6. The summed E-state index contributed by atoms with van der Waals surface area (Å²) >= 11 is 0. The summed E-state index contributed by atoms with van der Waals surface area (Å²) in [5, 5.41) is 5.04. The van der Waals surface area contributed by atoms with Gasteiger partial charge in [0.15, 0.2) is 0 Å². The van der Waals surface area contributed by atoms with E-state index in [9.17, 15) is 0 Å². The third-order valence-corrected chi connectivity index (χ3v) is 12.5. The third-order valence-electron chi connectivity index (χ3n) is 12.5. The van der Waals surface area contributed by atoms with Crippen molar-refractivity contribution in [3.8, 4) is 44.8 Å². The molecule has 296 valence electrons. The number of para-hydroxylation sites is 5. The van der Waals surface area contributed by atoms with Crippen LogP contribution in [0.2, 0.25) is 0 Å². The standard InChI is InChI=1S/C60H41N3/c1-3-16-42(17-4-1)45-18-15-21-51(39-45)61(48-19-5-2-6-20-48)52-40-46(43-30-34-49(35-31-43)62-57-26-11-7-22-53(57)54-23-8-12-27-58(54)62)38-47(41-52)44-32-36-50(37-33-44)63-59-28-13-9-24-55(59)56-25-10-14-29-60(56)63/h1-41H. The molecule has 10 aromatic carbocycles. The molecular formula is C60H41N3. The summed E-state index contributed by atoms with van der Waals surface area (Å²) in [7, 11) is 0. The Morgan fingerprint density at radius 3 is 1.03 bits per heavy atom.